The van der Waals surface area contributed by atoms with E-state index in [4.69, 9.17) is 68.1 Å². The Labute approximate surface area is 298 Å². The summed E-state index contributed by atoms with van der Waals surface area (Å²) >= 11 is 5.66. The van der Waals surface area contributed by atoms with Gasteiger partial charge in [-0.3, -0.25) is 0 Å². The molecule has 0 amide bonds. The van der Waals surface area contributed by atoms with Gasteiger partial charge in [0.2, 0.25) is 0 Å². The van der Waals surface area contributed by atoms with Crippen molar-refractivity contribution >= 4 is 19.9 Å². The van der Waals surface area contributed by atoms with E-state index in [-0.39, 0.29) is 5.04 Å². The summed E-state index contributed by atoms with van der Waals surface area (Å²) in [5.74, 6) is 0.744. The third-order valence-electron chi connectivity index (χ3n) is 7.39. The van der Waals surface area contributed by atoms with Crippen molar-refractivity contribution in [2.75, 3.05) is 158 Å². The van der Waals surface area contributed by atoms with Crippen molar-refractivity contribution in [2.24, 2.45) is 0 Å². The van der Waals surface area contributed by atoms with E-state index in [1.807, 2.05) is 0 Å². The molecule has 0 aliphatic rings. The quantitative estimate of drug-likeness (QED) is 0.0481. The van der Waals surface area contributed by atoms with Gasteiger partial charge in [0.1, 0.15) is 0 Å². The van der Waals surface area contributed by atoms with Crippen molar-refractivity contribution in [3.8, 4) is 0 Å². The maximum Gasteiger partial charge on any atom is 0.192 e. The molecule has 0 aromatic heterocycles. The average Bonchev–Trinajstić information content (AvgIpc) is 3.05. The lowest BCUT2D eigenvalue weighted by molar-refractivity contribution is -0.0278. The highest BCUT2D eigenvalue weighted by Gasteiger charge is 2.36. The predicted octanol–water partition coefficient (Wildman–Crippen LogP) is 4.99. The minimum atomic E-state index is -1.70. The van der Waals surface area contributed by atoms with Crippen molar-refractivity contribution in [2.45, 2.75) is 64.6 Å². The molecule has 290 valence electrons. The first kappa shape index (κ1) is 48.0. The molecule has 0 spiro atoms. The highest BCUT2D eigenvalue weighted by Crippen LogP contribution is 2.36. The number of rotatable bonds is 40. The maximum absolute atomic E-state index is 6.08. The second-order valence-electron chi connectivity index (χ2n) is 12.4. The molecule has 0 N–H and O–H groups in total. The Kier molecular flexibility index (Phi) is 36.8. The lowest BCUT2D eigenvalue weighted by Gasteiger charge is -2.36. The van der Waals surface area contributed by atoms with E-state index < -0.39 is 8.32 Å². The number of ether oxygens (including phenoxy) is 11. The van der Waals surface area contributed by atoms with Crippen LogP contribution in [0.4, 0.5) is 0 Å². The van der Waals surface area contributed by atoms with Crippen molar-refractivity contribution in [1.82, 2.24) is 0 Å². The molecule has 48 heavy (non-hydrogen) atoms. The van der Waals surface area contributed by atoms with Crippen LogP contribution in [0.1, 0.15) is 46.5 Å². The number of alkyl halides is 1. The molecule has 0 atom stereocenters. The van der Waals surface area contributed by atoms with Gasteiger partial charge < -0.3 is 56.5 Å². The third-order valence-corrected chi connectivity index (χ3v) is 12.2. The lowest BCUT2D eigenvalue weighted by atomic mass is 10.2. The van der Waals surface area contributed by atoms with Crippen molar-refractivity contribution in [1.29, 1.82) is 0 Å². The van der Waals surface area contributed by atoms with Crippen LogP contribution in [0.2, 0.25) is 18.1 Å². The summed E-state index contributed by atoms with van der Waals surface area (Å²) in [7, 11) is -1.70. The standard InChI is InChI=1S/C34H71ClO12Si/c1-34(2,3)48(4,5)47-33-32-46-31-30-45-29-28-44-27-26-43-25-24-42-23-22-41-21-20-40-19-18-39-17-16-38-15-14-37-13-12-36-11-9-7-6-8-10-35/h6-33H2,1-5H3. The van der Waals surface area contributed by atoms with E-state index in [1.54, 1.807) is 0 Å². The van der Waals surface area contributed by atoms with Crippen LogP contribution in [-0.2, 0) is 56.5 Å². The molecule has 14 heteroatoms. The maximum atomic E-state index is 6.08. The van der Waals surface area contributed by atoms with Gasteiger partial charge in [-0.05, 0) is 31.0 Å². The molecule has 0 aliphatic carbocycles. The Morgan fingerprint density at radius 3 is 0.812 bits per heavy atom. The van der Waals surface area contributed by atoms with Crippen LogP contribution in [0.15, 0.2) is 0 Å². The molecule has 0 aliphatic heterocycles. The van der Waals surface area contributed by atoms with Gasteiger partial charge in [0.05, 0.1) is 145 Å². The van der Waals surface area contributed by atoms with Crippen LogP contribution in [0.25, 0.3) is 0 Å². The molecule has 0 aromatic carbocycles. The second-order valence-corrected chi connectivity index (χ2v) is 17.6. The summed E-state index contributed by atoms with van der Waals surface area (Å²) < 4.78 is 66.7. The minimum absolute atomic E-state index is 0.218. The zero-order valence-corrected chi connectivity index (χ0v) is 32.8. The molecule has 0 unspecified atom stereocenters. The van der Waals surface area contributed by atoms with Gasteiger partial charge in [0.15, 0.2) is 8.32 Å². The lowest BCUT2D eigenvalue weighted by Crippen LogP contribution is -2.41. The highest BCUT2D eigenvalue weighted by molar-refractivity contribution is 6.74. The first-order chi connectivity index (χ1) is 23.3. The van der Waals surface area contributed by atoms with Gasteiger partial charge in [0, 0.05) is 12.5 Å². The smallest absolute Gasteiger partial charge is 0.192 e. The van der Waals surface area contributed by atoms with Crippen LogP contribution in [0.5, 0.6) is 0 Å². The van der Waals surface area contributed by atoms with Gasteiger partial charge >= 0.3 is 0 Å². The molecule has 0 heterocycles. The van der Waals surface area contributed by atoms with Crippen molar-refractivity contribution in [3.63, 3.8) is 0 Å². The zero-order valence-electron chi connectivity index (χ0n) is 31.1. The molecule has 0 radical (unpaired) electrons. The van der Waals surface area contributed by atoms with Crippen LogP contribution in [0, 0.1) is 0 Å². The topological polar surface area (TPSA) is 111 Å². The Hall–Kier alpha value is 0.0269. The molecule has 0 fully saturated rings. The Bertz CT molecular complexity index is 631. The molecule has 0 aromatic rings. The van der Waals surface area contributed by atoms with Crippen molar-refractivity contribution < 1.29 is 56.5 Å². The number of halogens is 1. The van der Waals surface area contributed by atoms with Gasteiger partial charge in [-0.25, -0.2) is 0 Å². The fraction of sp³-hybridized carbons (Fsp3) is 1.00. The Morgan fingerprint density at radius 2 is 0.562 bits per heavy atom. The molecule has 0 rings (SSSR count). The van der Waals surface area contributed by atoms with Crippen molar-refractivity contribution in [3.05, 3.63) is 0 Å². The van der Waals surface area contributed by atoms with Crippen LogP contribution < -0.4 is 0 Å². The molecule has 0 saturated heterocycles. The normalized spacial score (nSPS) is 12.4. The summed E-state index contributed by atoms with van der Waals surface area (Å²) in [6.07, 6.45) is 4.50. The van der Waals surface area contributed by atoms with Gasteiger partial charge in [-0.2, -0.15) is 0 Å². The van der Waals surface area contributed by atoms with E-state index >= 15 is 0 Å². The zero-order chi connectivity index (χ0) is 35.3. The summed E-state index contributed by atoms with van der Waals surface area (Å²) in [5, 5.41) is 0.218. The summed E-state index contributed by atoms with van der Waals surface area (Å²) in [5.41, 5.74) is 0. The fourth-order valence-electron chi connectivity index (χ4n) is 3.53. The molecular formula is C34H71ClO12Si. The van der Waals surface area contributed by atoms with Crippen LogP contribution >= 0.6 is 11.6 Å². The minimum Gasteiger partial charge on any atom is -0.414 e. The Balaban J connectivity index is 3.11. The molecule has 0 saturated carbocycles. The molecular weight excluding hydrogens is 664 g/mol. The summed E-state index contributed by atoms with van der Waals surface area (Å²) in [6.45, 7) is 23.9. The van der Waals surface area contributed by atoms with E-state index in [2.05, 4.69) is 33.9 Å². The fourth-order valence-corrected chi connectivity index (χ4v) is 4.74. The second kappa shape index (κ2) is 36.8. The number of unbranched alkanes of at least 4 members (excludes halogenated alkanes) is 3. The monoisotopic (exact) mass is 734 g/mol. The Morgan fingerprint density at radius 1 is 0.333 bits per heavy atom. The summed E-state index contributed by atoms with van der Waals surface area (Å²) in [6, 6.07) is 0. The average molecular weight is 735 g/mol. The van der Waals surface area contributed by atoms with E-state index in [0.29, 0.717) is 145 Å². The van der Waals surface area contributed by atoms with E-state index in [9.17, 15) is 0 Å². The highest BCUT2D eigenvalue weighted by atomic mass is 35.5. The van der Waals surface area contributed by atoms with Crippen LogP contribution in [-0.4, -0.2) is 166 Å². The first-order valence-electron chi connectivity index (χ1n) is 17.9. The predicted molar refractivity (Wildman–Crippen MR) is 191 cm³/mol. The largest absolute Gasteiger partial charge is 0.414 e. The third kappa shape index (κ3) is 35.8. The molecule has 12 nitrogen and oxygen atoms in total. The number of hydrogen-bond acceptors (Lipinski definition) is 12. The number of hydrogen-bond donors (Lipinski definition) is 0. The summed E-state index contributed by atoms with van der Waals surface area (Å²) in [4.78, 5) is 0. The van der Waals surface area contributed by atoms with Crippen LogP contribution in [0.3, 0.4) is 0 Å². The first-order valence-corrected chi connectivity index (χ1v) is 21.3. The molecule has 0 bridgehead atoms. The van der Waals surface area contributed by atoms with Gasteiger partial charge in [-0.1, -0.05) is 33.6 Å². The van der Waals surface area contributed by atoms with E-state index in [1.165, 1.54) is 12.8 Å². The van der Waals surface area contributed by atoms with E-state index in [0.717, 1.165) is 25.3 Å². The van der Waals surface area contributed by atoms with Gasteiger partial charge in [0.25, 0.3) is 0 Å². The van der Waals surface area contributed by atoms with Gasteiger partial charge in [-0.15, -0.1) is 11.6 Å². The SMILES string of the molecule is CC(C)(C)[Si](C)(C)OCCOCCOCCOCCOCCOCCOCCOCCOCCOCCOCCOCCCCCCCl.